The van der Waals surface area contributed by atoms with Crippen LogP contribution in [0.15, 0.2) is 24.7 Å². The first-order valence-corrected chi connectivity index (χ1v) is 6.56. The summed E-state index contributed by atoms with van der Waals surface area (Å²) < 4.78 is 1.85. The van der Waals surface area contributed by atoms with Gasteiger partial charge in [-0.3, -0.25) is 0 Å². The van der Waals surface area contributed by atoms with E-state index in [1.165, 1.54) is 19.3 Å². The summed E-state index contributed by atoms with van der Waals surface area (Å²) in [7, 11) is 0. The van der Waals surface area contributed by atoms with Gasteiger partial charge in [0.25, 0.3) is 0 Å². The number of aromatic nitrogens is 3. The summed E-state index contributed by atoms with van der Waals surface area (Å²) in [5.41, 5.74) is 1.04. The van der Waals surface area contributed by atoms with Crippen molar-refractivity contribution in [2.75, 3.05) is 18.1 Å². The minimum atomic E-state index is 0.228. The largest absolute Gasteiger partial charge is 0.396 e. The number of rotatable bonds is 5. The molecule has 0 unspecified atom stereocenters. The minimum Gasteiger partial charge on any atom is -0.396 e. The summed E-state index contributed by atoms with van der Waals surface area (Å²) in [5, 5.41) is 13.3. The zero-order valence-electron chi connectivity index (χ0n) is 10.4. The third kappa shape index (κ3) is 1.95. The van der Waals surface area contributed by atoms with Crippen molar-refractivity contribution in [2.24, 2.45) is 0 Å². The Morgan fingerprint density at radius 1 is 1.39 bits per heavy atom. The lowest BCUT2D eigenvalue weighted by Gasteiger charge is -2.38. The molecule has 5 heteroatoms. The second kappa shape index (κ2) is 4.94. The summed E-state index contributed by atoms with van der Waals surface area (Å²) in [6.45, 7) is 1.09. The second-order valence-corrected chi connectivity index (χ2v) is 4.77. The molecular formula is C13H18N4O. The van der Waals surface area contributed by atoms with Gasteiger partial charge < -0.3 is 10.0 Å². The Hall–Kier alpha value is -1.62. The van der Waals surface area contributed by atoms with Gasteiger partial charge in [0, 0.05) is 31.6 Å². The predicted molar refractivity (Wildman–Crippen MR) is 69.7 cm³/mol. The lowest BCUT2D eigenvalue weighted by Crippen LogP contribution is -2.41. The molecule has 2 aromatic heterocycles. The molecule has 1 N–H and O–H groups in total. The number of nitrogens with zero attached hydrogens (tertiary/aromatic N) is 4. The van der Waals surface area contributed by atoms with Crippen LogP contribution in [-0.4, -0.2) is 38.9 Å². The van der Waals surface area contributed by atoms with Crippen molar-refractivity contribution in [1.29, 1.82) is 0 Å². The van der Waals surface area contributed by atoms with E-state index in [1.54, 1.807) is 12.4 Å². The van der Waals surface area contributed by atoms with Gasteiger partial charge in [-0.1, -0.05) is 0 Å². The first kappa shape index (κ1) is 11.5. The van der Waals surface area contributed by atoms with E-state index in [4.69, 9.17) is 5.11 Å². The number of hydrogen-bond donors (Lipinski definition) is 1. The van der Waals surface area contributed by atoms with E-state index in [1.807, 2.05) is 16.8 Å². The van der Waals surface area contributed by atoms with Crippen molar-refractivity contribution in [1.82, 2.24) is 14.6 Å². The van der Waals surface area contributed by atoms with E-state index in [-0.39, 0.29) is 6.61 Å². The van der Waals surface area contributed by atoms with Gasteiger partial charge in [0.2, 0.25) is 0 Å². The molecule has 2 heterocycles. The molecule has 0 spiro atoms. The molecule has 0 radical (unpaired) electrons. The lowest BCUT2D eigenvalue weighted by molar-refractivity contribution is 0.282. The van der Waals surface area contributed by atoms with Crippen LogP contribution in [-0.2, 0) is 0 Å². The highest BCUT2D eigenvalue weighted by Gasteiger charge is 2.26. The quantitative estimate of drug-likeness (QED) is 0.868. The van der Waals surface area contributed by atoms with Crippen LogP contribution in [0, 0.1) is 0 Å². The molecule has 1 fully saturated rings. The highest BCUT2D eigenvalue weighted by atomic mass is 16.3. The van der Waals surface area contributed by atoms with Gasteiger partial charge in [0.05, 0.1) is 6.20 Å². The zero-order chi connectivity index (χ0) is 12.4. The monoisotopic (exact) mass is 246 g/mol. The summed E-state index contributed by atoms with van der Waals surface area (Å²) in [5.74, 6) is 0.994. The van der Waals surface area contributed by atoms with Gasteiger partial charge in [0.1, 0.15) is 5.52 Å². The number of fused-ring (bicyclic) bond motifs is 1. The number of aliphatic hydroxyl groups is 1. The van der Waals surface area contributed by atoms with Crippen LogP contribution in [0.1, 0.15) is 25.7 Å². The maximum atomic E-state index is 9.04. The first-order valence-electron chi connectivity index (χ1n) is 6.56. The van der Waals surface area contributed by atoms with Crippen molar-refractivity contribution in [3.05, 3.63) is 24.7 Å². The normalized spacial score (nSPS) is 15.8. The van der Waals surface area contributed by atoms with Crippen LogP contribution in [0.5, 0.6) is 0 Å². The molecule has 3 rings (SSSR count). The van der Waals surface area contributed by atoms with Crippen molar-refractivity contribution in [2.45, 2.75) is 31.7 Å². The molecule has 0 aromatic carbocycles. The second-order valence-electron chi connectivity index (χ2n) is 4.77. The predicted octanol–water partition coefficient (Wildman–Crippen LogP) is 1.47. The van der Waals surface area contributed by atoms with E-state index in [0.29, 0.717) is 6.04 Å². The van der Waals surface area contributed by atoms with E-state index in [9.17, 15) is 0 Å². The standard InChI is InChI=1S/C13H18N4O/c18-10-2-8-16(11-3-1-4-11)13-12-5-6-15-17(12)9-7-14-13/h5-7,9,11,18H,1-4,8,10H2. The molecule has 0 aliphatic heterocycles. The smallest absolute Gasteiger partial charge is 0.154 e. The fourth-order valence-electron chi connectivity index (χ4n) is 2.47. The molecule has 0 saturated heterocycles. The van der Waals surface area contributed by atoms with Gasteiger partial charge in [0.15, 0.2) is 5.82 Å². The topological polar surface area (TPSA) is 53.7 Å². The third-order valence-electron chi connectivity index (χ3n) is 3.65. The molecule has 0 atom stereocenters. The summed E-state index contributed by atoms with van der Waals surface area (Å²) in [6, 6.07) is 2.57. The average Bonchev–Trinajstić information content (AvgIpc) is 2.80. The Labute approximate surface area is 106 Å². The van der Waals surface area contributed by atoms with Crippen LogP contribution >= 0.6 is 0 Å². The van der Waals surface area contributed by atoms with E-state index < -0.39 is 0 Å². The number of aliphatic hydroxyl groups excluding tert-OH is 1. The number of anilines is 1. The highest BCUT2D eigenvalue weighted by molar-refractivity contribution is 5.68. The van der Waals surface area contributed by atoms with Crippen LogP contribution < -0.4 is 4.90 Å². The molecule has 1 aliphatic rings. The maximum Gasteiger partial charge on any atom is 0.154 e. The minimum absolute atomic E-state index is 0.228. The maximum absolute atomic E-state index is 9.04. The molecule has 1 saturated carbocycles. The molecule has 1 aliphatic carbocycles. The zero-order valence-corrected chi connectivity index (χ0v) is 10.4. The molecule has 96 valence electrons. The van der Waals surface area contributed by atoms with Crippen molar-refractivity contribution < 1.29 is 5.11 Å². The Morgan fingerprint density at radius 2 is 2.28 bits per heavy atom. The fraction of sp³-hybridized carbons (Fsp3) is 0.538. The van der Waals surface area contributed by atoms with Crippen molar-refractivity contribution >= 4 is 11.3 Å². The van der Waals surface area contributed by atoms with Crippen LogP contribution in [0.2, 0.25) is 0 Å². The Morgan fingerprint density at radius 3 is 3.00 bits per heavy atom. The molecular weight excluding hydrogens is 228 g/mol. The molecule has 2 aromatic rings. The lowest BCUT2D eigenvalue weighted by atomic mass is 9.91. The Kier molecular flexibility index (Phi) is 3.15. The van der Waals surface area contributed by atoms with E-state index >= 15 is 0 Å². The van der Waals surface area contributed by atoms with E-state index in [2.05, 4.69) is 15.0 Å². The third-order valence-corrected chi connectivity index (χ3v) is 3.65. The van der Waals surface area contributed by atoms with Gasteiger partial charge in [-0.05, 0) is 31.7 Å². The summed E-state index contributed by atoms with van der Waals surface area (Å²) in [6.07, 6.45) is 9.98. The average molecular weight is 246 g/mol. The fourth-order valence-corrected chi connectivity index (χ4v) is 2.47. The first-order chi connectivity index (χ1) is 8.90. The number of hydrogen-bond acceptors (Lipinski definition) is 4. The van der Waals surface area contributed by atoms with E-state index in [0.717, 1.165) is 24.3 Å². The van der Waals surface area contributed by atoms with Gasteiger partial charge in [-0.2, -0.15) is 5.10 Å². The molecule has 0 bridgehead atoms. The van der Waals surface area contributed by atoms with Crippen molar-refractivity contribution in [3.8, 4) is 0 Å². The van der Waals surface area contributed by atoms with Crippen molar-refractivity contribution in [3.63, 3.8) is 0 Å². The molecule has 18 heavy (non-hydrogen) atoms. The molecule has 0 amide bonds. The summed E-state index contributed by atoms with van der Waals surface area (Å²) >= 11 is 0. The summed E-state index contributed by atoms with van der Waals surface area (Å²) in [4.78, 5) is 6.85. The Balaban J connectivity index is 1.94. The Bertz CT molecular complexity index is 520. The van der Waals surface area contributed by atoms with Gasteiger partial charge >= 0.3 is 0 Å². The molecule has 5 nitrogen and oxygen atoms in total. The van der Waals surface area contributed by atoms with Crippen LogP contribution in [0.25, 0.3) is 5.52 Å². The van der Waals surface area contributed by atoms with Crippen LogP contribution in [0.3, 0.4) is 0 Å². The van der Waals surface area contributed by atoms with Crippen LogP contribution in [0.4, 0.5) is 5.82 Å². The van der Waals surface area contributed by atoms with Gasteiger partial charge in [-0.25, -0.2) is 9.50 Å². The SMILES string of the molecule is OCCCN(c1nccn2nccc12)C1CCC1. The van der Waals surface area contributed by atoms with Gasteiger partial charge in [-0.15, -0.1) is 0 Å². The highest BCUT2D eigenvalue weighted by Crippen LogP contribution is 2.30.